The van der Waals surface area contributed by atoms with E-state index in [-0.39, 0.29) is 0 Å². The van der Waals surface area contributed by atoms with E-state index >= 15 is 0 Å². The van der Waals surface area contributed by atoms with Crippen LogP contribution >= 0.6 is 11.6 Å². The van der Waals surface area contributed by atoms with Gasteiger partial charge in [0, 0.05) is 23.0 Å². The zero-order valence-electron chi connectivity index (χ0n) is 14.0. The third kappa shape index (κ3) is 3.29. The molecule has 0 spiro atoms. The molecule has 0 bridgehead atoms. The number of imidazole rings is 1. The standard InChI is InChI=1S/C19H20ClN3O/c1-13(2)19-16(5-4-6-17(19)20)15-7-14(8-21-9-15)11-23-12-22-10-18(23)24-3/h4-10,12-13H,11H2,1-3H3. The molecule has 124 valence electrons. The molecule has 1 aromatic carbocycles. The Morgan fingerprint density at radius 1 is 1.17 bits per heavy atom. The summed E-state index contributed by atoms with van der Waals surface area (Å²) in [4.78, 5) is 8.53. The lowest BCUT2D eigenvalue weighted by atomic mass is 9.93. The average Bonchev–Trinajstić information content (AvgIpc) is 3.01. The van der Waals surface area contributed by atoms with Crippen molar-refractivity contribution >= 4 is 11.6 Å². The highest BCUT2D eigenvalue weighted by Crippen LogP contribution is 2.34. The van der Waals surface area contributed by atoms with Crippen LogP contribution in [0.15, 0.2) is 49.2 Å². The highest BCUT2D eigenvalue weighted by Gasteiger charge is 2.13. The van der Waals surface area contributed by atoms with Crippen molar-refractivity contribution in [1.29, 1.82) is 0 Å². The van der Waals surface area contributed by atoms with E-state index in [1.54, 1.807) is 19.6 Å². The van der Waals surface area contributed by atoms with Gasteiger partial charge in [-0.3, -0.25) is 9.55 Å². The van der Waals surface area contributed by atoms with Crippen molar-refractivity contribution in [2.75, 3.05) is 7.11 Å². The molecule has 2 aromatic heterocycles. The minimum absolute atomic E-state index is 0.339. The molecule has 24 heavy (non-hydrogen) atoms. The predicted octanol–water partition coefficient (Wildman–Crippen LogP) is 4.78. The number of rotatable bonds is 5. The molecule has 0 aliphatic rings. The molecule has 5 heteroatoms. The van der Waals surface area contributed by atoms with E-state index < -0.39 is 0 Å². The second-order valence-corrected chi connectivity index (χ2v) is 6.41. The maximum Gasteiger partial charge on any atom is 0.213 e. The van der Waals surface area contributed by atoms with Crippen LogP contribution in [0, 0.1) is 0 Å². The molecule has 0 aliphatic carbocycles. The van der Waals surface area contributed by atoms with E-state index in [1.807, 2.05) is 29.1 Å². The van der Waals surface area contributed by atoms with Crippen molar-refractivity contribution in [3.8, 4) is 17.0 Å². The van der Waals surface area contributed by atoms with Gasteiger partial charge in [-0.1, -0.05) is 37.6 Å². The monoisotopic (exact) mass is 341 g/mol. The minimum Gasteiger partial charge on any atom is -0.481 e. The summed E-state index contributed by atoms with van der Waals surface area (Å²) in [6.45, 7) is 4.96. The van der Waals surface area contributed by atoms with Crippen molar-refractivity contribution in [3.05, 3.63) is 65.3 Å². The first kappa shape index (κ1) is 16.5. The Balaban J connectivity index is 1.99. The summed E-state index contributed by atoms with van der Waals surface area (Å²) in [6.07, 6.45) is 7.20. The third-order valence-corrected chi connectivity index (χ3v) is 4.30. The molecule has 0 saturated heterocycles. The minimum atomic E-state index is 0.339. The molecule has 2 heterocycles. The molecule has 0 atom stereocenters. The lowest BCUT2D eigenvalue weighted by molar-refractivity contribution is 0.377. The van der Waals surface area contributed by atoms with Crippen LogP contribution in [-0.4, -0.2) is 21.6 Å². The van der Waals surface area contributed by atoms with E-state index in [2.05, 4.69) is 35.9 Å². The van der Waals surface area contributed by atoms with Gasteiger partial charge in [-0.15, -0.1) is 0 Å². The maximum atomic E-state index is 6.42. The molecule has 0 unspecified atom stereocenters. The van der Waals surface area contributed by atoms with Gasteiger partial charge in [0.15, 0.2) is 0 Å². The summed E-state index contributed by atoms with van der Waals surface area (Å²) in [5.74, 6) is 1.07. The number of methoxy groups -OCH3 is 1. The summed E-state index contributed by atoms with van der Waals surface area (Å²) >= 11 is 6.42. The summed E-state index contributed by atoms with van der Waals surface area (Å²) in [7, 11) is 1.64. The fourth-order valence-corrected chi connectivity index (χ4v) is 3.28. The smallest absolute Gasteiger partial charge is 0.213 e. The Kier molecular flexibility index (Phi) is 4.86. The third-order valence-electron chi connectivity index (χ3n) is 3.97. The Labute approximate surface area is 147 Å². The highest BCUT2D eigenvalue weighted by molar-refractivity contribution is 6.31. The van der Waals surface area contributed by atoms with Gasteiger partial charge in [-0.25, -0.2) is 4.98 Å². The van der Waals surface area contributed by atoms with Gasteiger partial charge in [0.05, 0.1) is 26.2 Å². The second kappa shape index (κ2) is 7.05. The van der Waals surface area contributed by atoms with Crippen LogP contribution in [0.2, 0.25) is 5.02 Å². The first-order valence-corrected chi connectivity index (χ1v) is 8.24. The maximum absolute atomic E-state index is 6.42. The summed E-state index contributed by atoms with van der Waals surface area (Å²) in [6, 6.07) is 8.16. The van der Waals surface area contributed by atoms with Gasteiger partial charge < -0.3 is 4.74 Å². The van der Waals surface area contributed by atoms with Crippen LogP contribution in [0.1, 0.15) is 30.9 Å². The second-order valence-electron chi connectivity index (χ2n) is 6.00. The van der Waals surface area contributed by atoms with Crippen molar-refractivity contribution in [3.63, 3.8) is 0 Å². The number of halogens is 1. The number of hydrogen-bond donors (Lipinski definition) is 0. The predicted molar refractivity (Wildman–Crippen MR) is 96.7 cm³/mol. The molecule has 0 radical (unpaired) electrons. The van der Waals surface area contributed by atoms with Gasteiger partial charge in [-0.2, -0.15) is 0 Å². The molecule has 0 N–H and O–H groups in total. The molecule has 0 saturated carbocycles. The lowest BCUT2D eigenvalue weighted by Gasteiger charge is -2.15. The molecule has 3 aromatic rings. The van der Waals surface area contributed by atoms with Crippen molar-refractivity contribution in [2.24, 2.45) is 0 Å². The van der Waals surface area contributed by atoms with Crippen LogP contribution in [-0.2, 0) is 6.54 Å². The van der Waals surface area contributed by atoms with Gasteiger partial charge >= 0.3 is 0 Å². The molecule has 0 fully saturated rings. The number of benzene rings is 1. The van der Waals surface area contributed by atoms with Crippen LogP contribution in [0.5, 0.6) is 5.88 Å². The first-order chi connectivity index (χ1) is 11.6. The van der Waals surface area contributed by atoms with E-state index in [0.717, 1.165) is 33.2 Å². The van der Waals surface area contributed by atoms with Crippen molar-refractivity contribution < 1.29 is 4.74 Å². The van der Waals surface area contributed by atoms with E-state index in [9.17, 15) is 0 Å². The van der Waals surface area contributed by atoms with Crippen molar-refractivity contribution in [2.45, 2.75) is 26.3 Å². The Bertz CT molecular complexity index is 842. The van der Waals surface area contributed by atoms with Crippen LogP contribution in [0.3, 0.4) is 0 Å². The fourth-order valence-electron chi connectivity index (χ4n) is 2.89. The number of ether oxygens (including phenoxy) is 1. The van der Waals surface area contributed by atoms with E-state index in [1.165, 1.54) is 0 Å². The zero-order chi connectivity index (χ0) is 17.1. The molecular weight excluding hydrogens is 322 g/mol. The number of aromatic nitrogens is 3. The largest absolute Gasteiger partial charge is 0.481 e. The summed E-state index contributed by atoms with van der Waals surface area (Å²) in [5, 5.41) is 0.796. The molecule has 4 nitrogen and oxygen atoms in total. The fraction of sp³-hybridized carbons (Fsp3) is 0.263. The normalized spacial score (nSPS) is 11.0. The van der Waals surface area contributed by atoms with Crippen LogP contribution in [0.4, 0.5) is 0 Å². The summed E-state index contributed by atoms with van der Waals surface area (Å²) < 4.78 is 7.25. The van der Waals surface area contributed by atoms with Gasteiger partial charge in [0.25, 0.3) is 0 Å². The van der Waals surface area contributed by atoms with Gasteiger partial charge in [-0.05, 0) is 34.7 Å². The van der Waals surface area contributed by atoms with Gasteiger partial charge in [0.1, 0.15) is 0 Å². The summed E-state index contributed by atoms with van der Waals surface area (Å²) in [5.41, 5.74) is 4.43. The van der Waals surface area contributed by atoms with Gasteiger partial charge in [0.2, 0.25) is 5.88 Å². The SMILES string of the molecule is COc1cncn1Cc1cncc(-c2cccc(Cl)c2C(C)C)c1. The Hall–Kier alpha value is -2.33. The van der Waals surface area contributed by atoms with Crippen LogP contribution in [0.25, 0.3) is 11.1 Å². The van der Waals surface area contributed by atoms with Crippen molar-refractivity contribution in [1.82, 2.24) is 14.5 Å². The number of hydrogen-bond acceptors (Lipinski definition) is 3. The quantitative estimate of drug-likeness (QED) is 0.670. The van der Waals surface area contributed by atoms with Crippen LogP contribution < -0.4 is 4.74 Å². The molecule has 0 aliphatic heterocycles. The zero-order valence-corrected chi connectivity index (χ0v) is 14.8. The Morgan fingerprint density at radius 2 is 2.00 bits per heavy atom. The van der Waals surface area contributed by atoms with E-state index in [4.69, 9.17) is 16.3 Å². The van der Waals surface area contributed by atoms with E-state index in [0.29, 0.717) is 12.5 Å². The molecular formula is C19H20ClN3O. The Morgan fingerprint density at radius 3 is 2.75 bits per heavy atom. The topological polar surface area (TPSA) is 39.9 Å². The highest BCUT2D eigenvalue weighted by atomic mass is 35.5. The number of pyridine rings is 1. The molecule has 0 amide bonds. The lowest BCUT2D eigenvalue weighted by Crippen LogP contribution is -2.02. The number of nitrogens with zero attached hydrogens (tertiary/aromatic N) is 3. The average molecular weight is 342 g/mol. The first-order valence-electron chi connectivity index (χ1n) is 7.87. The molecule has 3 rings (SSSR count).